The first-order valence-electron chi connectivity index (χ1n) is 4.38. The van der Waals surface area contributed by atoms with Crippen LogP contribution in [0.5, 0.6) is 0 Å². The Labute approximate surface area is 95.1 Å². The van der Waals surface area contributed by atoms with E-state index < -0.39 is 0 Å². The maximum Gasteiger partial charge on any atom is 0.178 e. The molecule has 0 amide bonds. The number of hydrogen-bond donors (Lipinski definition) is 0. The van der Waals surface area contributed by atoms with Crippen LogP contribution in [0.3, 0.4) is 0 Å². The lowest BCUT2D eigenvalue weighted by Crippen LogP contribution is -2.01. The van der Waals surface area contributed by atoms with Gasteiger partial charge < -0.3 is 0 Å². The van der Waals surface area contributed by atoms with Gasteiger partial charge in [-0.3, -0.25) is 4.98 Å². The minimum absolute atomic E-state index is 0.239. The number of halogens is 1. The van der Waals surface area contributed by atoms with Gasteiger partial charge in [-0.25, -0.2) is 9.97 Å². The molecule has 5 heteroatoms. The van der Waals surface area contributed by atoms with Gasteiger partial charge in [0.25, 0.3) is 0 Å². The Balaban J connectivity index is 2.52. The Morgan fingerprint density at radius 3 is 2.87 bits per heavy atom. The highest BCUT2D eigenvalue weighted by molar-refractivity contribution is 9.09. The molecule has 0 aliphatic rings. The topological polar surface area (TPSA) is 62.5 Å². The van der Waals surface area contributed by atoms with Crippen LogP contribution in [-0.4, -0.2) is 20.3 Å². The fourth-order valence-corrected chi connectivity index (χ4v) is 1.72. The van der Waals surface area contributed by atoms with E-state index in [2.05, 4.69) is 37.0 Å². The minimum Gasteiger partial charge on any atom is -0.251 e. The molecule has 0 fully saturated rings. The summed E-state index contributed by atoms with van der Waals surface area (Å²) in [6.45, 7) is 0. The van der Waals surface area contributed by atoms with Gasteiger partial charge in [0, 0.05) is 17.7 Å². The second kappa shape index (κ2) is 4.32. The van der Waals surface area contributed by atoms with E-state index in [1.807, 2.05) is 12.1 Å². The van der Waals surface area contributed by atoms with Crippen molar-refractivity contribution in [2.45, 2.75) is 5.92 Å². The smallest absolute Gasteiger partial charge is 0.178 e. The Hall–Kier alpha value is -1.54. The summed E-state index contributed by atoms with van der Waals surface area (Å²) in [4.78, 5) is 12.5. The SMILES string of the molecule is N#CC(CBr)c1ccc2nccnc2n1. The van der Waals surface area contributed by atoms with Gasteiger partial charge in [-0.15, -0.1) is 0 Å². The lowest BCUT2D eigenvalue weighted by atomic mass is 10.1. The Bertz CT molecular complexity index is 520. The van der Waals surface area contributed by atoms with Crippen LogP contribution in [0.1, 0.15) is 11.6 Å². The predicted molar refractivity (Wildman–Crippen MR) is 59.5 cm³/mol. The van der Waals surface area contributed by atoms with E-state index in [-0.39, 0.29) is 5.92 Å². The molecule has 15 heavy (non-hydrogen) atoms. The monoisotopic (exact) mass is 262 g/mol. The van der Waals surface area contributed by atoms with Gasteiger partial charge in [0.15, 0.2) is 5.65 Å². The number of rotatable bonds is 2. The molecule has 0 N–H and O–H groups in total. The molecule has 2 aromatic heterocycles. The molecule has 0 spiro atoms. The molecule has 0 aliphatic heterocycles. The summed E-state index contributed by atoms with van der Waals surface area (Å²) >= 11 is 3.28. The lowest BCUT2D eigenvalue weighted by Gasteiger charge is -2.04. The zero-order chi connectivity index (χ0) is 10.7. The highest BCUT2D eigenvalue weighted by Gasteiger charge is 2.11. The summed E-state index contributed by atoms with van der Waals surface area (Å²) < 4.78 is 0. The van der Waals surface area contributed by atoms with E-state index in [0.717, 1.165) is 11.2 Å². The highest BCUT2D eigenvalue weighted by atomic mass is 79.9. The average molecular weight is 263 g/mol. The number of hydrogen-bond acceptors (Lipinski definition) is 4. The summed E-state index contributed by atoms with van der Waals surface area (Å²) in [5, 5.41) is 9.47. The van der Waals surface area contributed by atoms with Gasteiger partial charge in [-0.05, 0) is 12.1 Å². The molecule has 2 aromatic rings. The number of nitriles is 1. The van der Waals surface area contributed by atoms with Crippen molar-refractivity contribution in [3.63, 3.8) is 0 Å². The van der Waals surface area contributed by atoms with Crippen LogP contribution in [0.4, 0.5) is 0 Å². The molecule has 2 heterocycles. The molecule has 0 aliphatic carbocycles. The third-order valence-corrected chi connectivity index (χ3v) is 2.67. The maximum atomic E-state index is 8.90. The average Bonchev–Trinajstić information content (AvgIpc) is 2.30. The first-order chi connectivity index (χ1) is 7.35. The first-order valence-corrected chi connectivity index (χ1v) is 5.50. The lowest BCUT2D eigenvalue weighted by molar-refractivity contribution is 0.944. The molecule has 74 valence electrons. The van der Waals surface area contributed by atoms with E-state index in [0.29, 0.717) is 11.0 Å². The van der Waals surface area contributed by atoms with Crippen molar-refractivity contribution in [1.29, 1.82) is 5.26 Å². The number of pyridine rings is 1. The van der Waals surface area contributed by atoms with E-state index in [1.54, 1.807) is 12.4 Å². The zero-order valence-electron chi connectivity index (χ0n) is 7.76. The molecule has 4 nitrogen and oxygen atoms in total. The van der Waals surface area contributed by atoms with Crippen LogP contribution in [-0.2, 0) is 0 Å². The number of alkyl halides is 1. The Morgan fingerprint density at radius 2 is 2.13 bits per heavy atom. The third-order valence-electron chi connectivity index (χ3n) is 2.02. The maximum absolute atomic E-state index is 8.90. The van der Waals surface area contributed by atoms with Gasteiger partial charge in [-0.2, -0.15) is 5.26 Å². The largest absolute Gasteiger partial charge is 0.251 e. The second-order valence-corrected chi connectivity index (χ2v) is 3.62. The predicted octanol–water partition coefficient (Wildman–Crippen LogP) is 2.03. The fraction of sp³-hybridized carbons (Fsp3) is 0.200. The zero-order valence-corrected chi connectivity index (χ0v) is 9.35. The van der Waals surface area contributed by atoms with Crippen LogP contribution >= 0.6 is 15.9 Å². The first kappa shape index (κ1) is 9.99. The van der Waals surface area contributed by atoms with Crippen molar-refractivity contribution in [1.82, 2.24) is 15.0 Å². The van der Waals surface area contributed by atoms with E-state index in [4.69, 9.17) is 5.26 Å². The molecule has 0 saturated heterocycles. The minimum atomic E-state index is -0.239. The van der Waals surface area contributed by atoms with Crippen LogP contribution in [0, 0.1) is 11.3 Å². The molecule has 1 unspecified atom stereocenters. The van der Waals surface area contributed by atoms with Crippen LogP contribution in [0.15, 0.2) is 24.5 Å². The third kappa shape index (κ3) is 1.95. The summed E-state index contributed by atoms with van der Waals surface area (Å²) in [6.07, 6.45) is 3.21. The summed E-state index contributed by atoms with van der Waals surface area (Å²) in [6, 6.07) is 5.82. The summed E-state index contributed by atoms with van der Waals surface area (Å²) in [5.74, 6) is -0.239. The van der Waals surface area contributed by atoms with Crippen molar-refractivity contribution in [2.75, 3.05) is 5.33 Å². The molecule has 1 atom stereocenters. The Kier molecular flexibility index (Phi) is 2.88. The fourth-order valence-electron chi connectivity index (χ4n) is 1.24. The molecule has 0 aromatic carbocycles. The van der Waals surface area contributed by atoms with Crippen molar-refractivity contribution in [3.8, 4) is 6.07 Å². The van der Waals surface area contributed by atoms with Gasteiger partial charge in [0.05, 0.1) is 17.7 Å². The van der Waals surface area contributed by atoms with Crippen LogP contribution in [0.25, 0.3) is 11.2 Å². The van der Waals surface area contributed by atoms with Gasteiger partial charge in [0.1, 0.15) is 5.52 Å². The number of nitrogens with zero attached hydrogens (tertiary/aromatic N) is 4. The van der Waals surface area contributed by atoms with E-state index in [9.17, 15) is 0 Å². The second-order valence-electron chi connectivity index (χ2n) is 2.97. The standard InChI is InChI=1S/C10H7BrN4/c11-5-7(6-12)8-1-2-9-10(15-8)14-4-3-13-9/h1-4,7H,5H2. The highest BCUT2D eigenvalue weighted by Crippen LogP contribution is 2.17. The van der Waals surface area contributed by atoms with Crippen LogP contribution < -0.4 is 0 Å². The van der Waals surface area contributed by atoms with Crippen molar-refractivity contribution in [3.05, 3.63) is 30.2 Å². The summed E-state index contributed by atoms with van der Waals surface area (Å²) in [5.41, 5.74) is 2.05. The number of aromatic nitrogens is 3. The molecule has 0 radical (unpaired) electrons. The summed E-state index contributed by atoms with van der Waals surface area (Å²) in [7, 11) is 0. The van der Waals surface area contributed by atoms with Crippen molar-refractivity contribution >= 4 is 27.1 Å². The molecule has 2 rings (SSSR count). The van der Waals surface area contributed by atoms with Gasteiger partial charge in [-0.1, -0.05) is 15.9 Å². The van der Waals surface area contributed by atoms with E-state index >= 15 is 0 Å². The van der Waals surface area contributed by atoms with Gasteiger partial charge >= 0.3 is 0 Å². The van der Waals surface area contributed by atoms with Crippen molar-refractivity contribution in [2.24, 2.45) is 0 Å². The van der Waals surface area contributed by atoms with Crippen molar-refractivity contribution < 1.29 is 0 Å². The molecular weight excluding hydrogens is 256 g/mol. The Morgan fingerprint density at radius 1 is 1.33 bits per heavy atom. The molecule has 0 saturated carbocycles. The van der Waals surface area contributed by atoms with E-state index in [1.165, 1.54) is 0 Å². The number of fused-ring (bicyclic) bond motifs is 1. The molecular formula is C10H7BrN4. The quantitative estimate of drug-likeness (QED) is 0.777. The normalized spacial score (nSPS) is 12.3. The molecule has 0 bridgehead atoms. The van der Waals surface area contributed by atoms with Crippen LogP contribution in [0.2, 0.25) is 0 Å². The van der Waals surface area contributed by atoms with Gasteiger partial charge in [0.2, 0.25) is 0 Å².